The van der Waals surface area contributed by atoms with Gasteiger partial charge in [-0.25, -0.2) is 9.97 Å². The van der Waals surface area contributed by atoms with Gasteiger partial charge < -0.3 is 0 Å². The first kappa shape index (κ1) is 59.3. The summed E-state index contributed by atoms with van der Waals surface area (Å²) in [5.41, 5.74) is -20.1. The molecular weight excluding hydrogens is 1260 g/mol. The van der Waals surface area contributed by atoms with Crippen molar-refractivity contribution < 1.29 is 105 Å². The highest BCUT2D eigenvalue weighted by atomic mass is 19.4. The number of halogens is 24. The molecular formula is C60H24F24N6. The van der Waals surface area contributed by atoms with Crippen molar-refractivity contribution >= 4 is 87.2 Å². The van der Waals surface area contributed by atoms with Crippen LogP contribution in [0.15, 0.2) is 146 Å². The molecule has 0 spiro atoms. The van der Waals surface area contributed by atoms with Crippen LogP contribution in [0.4, 0.5) is 105 Å². The quantitative estimate of drug-likeness (QED) is 0.165. The number of fused-ring (bicyclic) bond motifs is 12. The molecule has 0 fully saturated rings. The minimum absolute atomic E-state index is 0.285. The highest BCUT2D eigenvalue weighted by Crippen LogP contribution is 2.49. The molecule has 0 saturated heterocycles. The van der Waals surface area contributed by atoms with E-state index < -0.39 is 204 Å². The van der Waals surface area contributed by atoms with Crippen molar-refractivity contribution in [2.75, 3.05) is 0 Å². The standard InChI is InChI=1S/C60H24F24N6/c61-53(62,63)25-1-9-33-34-10-2-26(54(64,65)66)18-42(34)87(41(33)17-25)49-50(88-43-19-27(55(67,68)69)3-11-35(43)36-12-4-28(20-44(36)88)56(70,71)72)86-52(90-47-23-31(59(79,80)81)7-15-39(47)40-16-8-32(24-48(40)90)60(82,83)84)51(85-49)89-45-21-29(57(73,74)75)5-13-37(45)38-14-6-30(22-46(38)89)58(76,77)78/h1-24H. The zero-order valence-corrected chi connectivity index (χ0v) is 43.6. The van der Waals surface area contributed by atoms with Crippen LogP contribution in [0.3, 0.4) is 0 Å². The van der Waals surface area contributed by atoms with Crippen LogP contribution in [-0.2, 0) is 49.4 Å². The molecule has 6 nitrogen and oxygen atoms in total. The second-order valence-corrected chi connectivity index (χ2v) is 20.7. The maximum absolute atomic E-state index is 15.0. The van der Waals surface area contributed by atoms with Gasteiger partial charge in [0.25, 0.3) is 0 Å². The lowest BCUT2D eigenvalue weighted by Crippen LogP contribution is -2.17. The summed E-state index contributed by atoms with van der Waals surface area (Å²) < 4.78 is 362. The molecule has 0 aliphatic carbocycles. The Morgan fingerprint density at radius 1 is 0.178 bits per heavy atom. The fourth-order valence-corrected chi connectivity index (χ4v) is 11.4. The summed E-state index contributed by atoms with van der Waals surface area (Å²) in [6, 6.07) is 11.6. The van der Waals surface area contributed by atoms with E-state index >= 15 is 105 Å². The molecule has 0 aliphatic rings. The summed E-state index contributed by atoms with van der Waals surface area (Å²) in [4.78, 5) is 9.31. The first-order valence-electron chi connectivity index (χ1n) is 25.5. The van der Waals surface area contributed by atoms with E-state index in [1.807, 2.05) is 0 Å². The number of benzene rings is 8. The summed E-state index contributed by atoms with van der Waals surface area (Å²) in [6.07, 6.45) is -43.1. The van der Waals surface area contributed by atoms with Crippen molar-refractivity contribution in [3.63, 3.8) is 0 Å². The molecule has 13 aromatic rings. The van der Waals surface area contributed by atoms with Gasteiger partial charge in [-0.2, -0.15) is 105 Å². The van der Waals surface area contributed by atoms with Crippen LogP contribution in [0.2, 0.25) is 0 Å². The Kier molecular flexibility index (Phi) is 12.5. The fourth-order valence-electron chi connectivity index (χ4n) is 11.4. The molecule has 5 aromatic heterocycles. The molecule has 0 radical (unpaired) electrons. The van der Waals surface area contributed by atoms with E-state index in [1.54, 1.807) is 0 Å². The molecule has 0 bridgehead atoms. The number of alkyl halides is 24. The summed E-state index contributed by atoms with van der Waals surface area (Å²) >= 11 is 0. The Morgan fingerprint density at radius 3 is 0.389 bits per heavy atom. The second-order valence-electron chi connectivity index (χ2n) is 20.7. The van der Waals surface area contributed by atoms with Gasteiger partial charge in [0.1, 0.15) is 0 Å². The van der Waals surface area contributed by atoms with Crippen LogP contribution in [0, 0.1) is 0 Å². The molecule has 30 heteroatoms. The van der Waals surface area contributed by atoms with Gasteiger partial charge in [-0.3, -0.25) is 18.3 Å². The normalized spacial score (nSPS) is 13.8. The third-order valence-corrected chi connectivity index (χ3v) is 15.4. The van der Waals surface area contributed by atoms with Gasteiger partial charge in [-0.1, -0.05) is 48.5 Å². The van der Waals surface area contributed by atoms with Gasteiger partial charge >= 0.3 is 49.4 Å². The molecule has 8 aromatic carbocycles. The molecule has 0 saturated carbocycles. The van der Waals surface area contributed by atoms with Gasteiger partial charge in [0.15, 0.2) is 23.3 Å². The maximum atomic E-state index is 15.0. The van der Waals surface area contributed by atoms with E-state index in [-0.39, 0.29) is 48.5 Å². The first-order valence-corrected chi connectivity index (χ1v) is 25.5. The lowest BCUT2D eigenvalue weighted by Gasteiger charge is -2.22. The van der Waals surface area contributed by atoms with Crippen molar-refractivity contribution in [3.8, 4) is 23.3 Å². The van der Waals surface area contributed by atoms with E-state index in [4.69, 9.17) is 0 Å². The Hall–Kier alpha value is -9.64. The average molecular weight is 1280 g/mol. The number of rotatable bonds is 4. The third kappa shape index (κ3) is 9.48. The Bertz CT molecular complexity index is 4260. The lowest BCUT2D eigenvalue weighted by molar-refractivity contribution is -0.138. The summed E-state index contributed by atoms with van der Waals surface area (Å²) in [6.45, 7) is 0. The van der Waals surface area contributed by atoms with Crippen molar-refractivity contribution in [2.24, 2.45) is 0 Å². The second kappa shape index (κ2) is 18.9. The summed E-state index contributed by atoms with van der Waals surface area (Å²) in [5.74, 6) is -5.38. The highest BCUT2D eigenvalue weighted by molar-refractivity contribution is 6.14. The zero-order chi connectivity index (χ0) is 64.9. The van der Waals surface area contributed by atoms with Crippen LogP contribution in [0.1, 0.15) is 44.5 Å². The van der Waals surface area contributed by atoms with Crippen LogP contribution in [-0.4, -0.2) is 28.2 Å². The van der Waals surface area contributed by atoms with Gasteiger partial charge in [-0.05, 0) is 97.1 Å². The third-order valence-electron chi connectivity index (χ3n) is 15.4. The minimum atomic E-state index is -5.39. The molecule has 0 atom stereocenters. The number of hydrogen-bond donors (Lipinski definition) is 0. The van der Waals surface area contributed by atoms with Crippen LogP contribution in [0.25, 0.3) is 110 Å². The smallest absolute Gasteiger partial charge is 0.291 e. The molecule has 0 aliphatic heterocycles. The van der Waals surface area contributed by atoms with E-state index in [9.17, 15) is 0 Å². The van der Waals surface area contributed by atoms with Crippen LogP contribution in [0.5, 0.6) is 0 Å². The monoisotopic (exact) mass is 1280 g/mol. The van der Waals surface area contributed by atoms with Crippen molar-refractivity contribution in [2.45, 2.75) is 49.4 Å². The zero-order valence-electron chi connectivity index (χ0n) is 43.6. The molecule has 5 heterocycles. The molecule has 90 heavy (non-hydrogen) atoms. The minimum Gasteiger partial charge on any atom is -0.291 e. The lowest BCUT2D eigenvalue weighted by atomic mass is 10.1. The predicted molar refractivity (Wildman–Crippen MR) is 279 cm³/mol. The number of nitrogens with zero attached hydrogens (tertiary/aromatic N) is 6. The summed E-state index contributed by atoms with van der Waals surface area (Å²) in [7, 11) is 0. The van der Waals surface area contributed by atoms with Gasteiger partial charge in [0.2, 0.25) is 0 Å². The van der Waals surface area contributed by atoms with E-state index in [2.05, 4.69) is 9.97 Å². The predicted octanol–water partition coefficient (Wildman–Crippen LogP) is 21.0. The fraction of sp³-hybridized carbons (Fsp3) is 0.133. The van der Waals surface area contributed by atoms with Crippen molar-refractivity contribution in [1.29, 1.82) is 0 Å². The maximum Gasteiger partial charge on any atom is 0.416 e. The van der Waals surface area contributed by atoms with Crippen molar-refractivity contribution in [1.82, 2.24) is 28.2 Å². The first-order chi connectivity index (χ1) is 41.7. The Labute approximate surface area is 482 Å². The summed E-state index contributed by atoms with van der Waals surface area (Å²) in [5, 5.41) is -3.60. The largest absolute Gasteiger partial charge is 0.416 e. The van der Waals surface area contributed by atoms with Crippen molar-refractivity contribution in [3.05, 3.63) is 190 Å². The molecule has 0 unspecified atom stereocenters. The Balaban J connectivity index is 1.38. The molecule has 462 valence electrons. The average Bonchev–Trinajstić information content (AvgIpc) is 1.53. The molecule has 0 amide bonds. The van der Waals surface area contributed by atoms with Crippen LogP contribution < -0.4 is 0 Å². The number of aromatic nitrogens is 6. The van der Waals surface area contributed by atoms with Gasteiger partial charge in [-0.15, -0.1) is 0 Å². The number of hydrogen-bond acceptors (Lipinski definition) is 2. The SMILES string of the molecule is FC(F)(F)c1ccc2c3ccc(C(F)(F)F)cc3n(-c3nc(-n4c5cc(C(F)(F)F)ccc5c5ccc(C(F)(F)F)cc54)c(-n4c5cc(C(F)(F)F)ccc5c5ccc(C(F)(F)F)cc54)nc3-n3c4cc(C(F)(F)F)ccc4c4ccc(C(F)(F)F)cc43)c2c1. The van der Waals surface area contributed by atoms with Crippen LogP contribution >= 0.6 is 0 Å². The van der Waals surface area contributed by atoms with E-state index in [0.29, 0.717) is 66.8 Å². The molecule has 13 rings (SSSR count). The van der Waals surface area contributed by atoms with Gasteiger partial charge in [0.05, 0.1) is 88.6 Å². The topological polar surface area (TPSA) is 45.5 Å². The van der Waals surface area contributed by atoms with E-state index in [0.717, 1.165) is 48.5 Å². The van der Waals surface area contributed by atoms with Gasteiger partial charge in [0, 0.05) is 43.1 Å². The highest BCUT2D eigenvalue weighted by Gasteiger charge is 2.41. The molecule has 0 N–H and O–H groups in total. The Morgan fingerprint density at radius 2 is 0.289 bits per heavy atom. The van der Waals surface area contributed by atoms with E-state index in [1.165, 1.54) is 0 Å².